The molecule has 0 amide bonds. The summed E-state index contributed by atoms with van der Waals surface area (Å²) >= 11 is 0. The number of morpholine rings is 1. The minimum atomic E-state index is -0.889. The lowest BCUT2D eigenvalue weighted by Gasteiger charge is -2.34. The van der Waals surface area contributed by atoms with Crippen LogP contribution in [0.2, 0.25) is 0 Å². The lowest BCUT2D eigenvalue weighted by atomic mass is 10.1. The SMILES string of the molecule is CC(C)CN1CCOC(CNCc2ccc(C(=O)O)cc2)C1. The number of carbonyl (C=O) groups is 1. The summed E-state index contributed by atoms with van der Waals surface area (Å²) in [6, 6.07) is 6.98. The fourth-order valence-corrected chi connectivity index (χ4v) is 2.73. The van der Waals surface area contributed by atoms with Gasteiger partial charge in [0.25, 0.3) is 0 Å². The van der Waals surface area contributed by atoms with E-state index in [1.165, 1.54) is 0 Å². The summed E-state index contributed by atoms with van der Waals surface area (Å²) in [4.78, 5) is 13.3. The van der Waals surface area contributed by atoms with Crippen molar-refractivity contribution in [3.05, 3.63) is 35.4 Å². The van der Waals surface area contributed by atoms with Gasteiger partial charge in [-0.3, -0.25) is 4.90 Å². The van der Waals surface area contributed by atoms with E-state index in [0.717, 1.165) is 44.9 Å². The zero-order valence-corrected chi connectivity index (χ0v) is 13.4. The normalized spacial score (nSPS) is 19.5. The van der Waals surface area contributed by atoms with Crippen molar-refractivity contribution in [1.29, 1.82) is 0 Å². The summed E-state index contributed by atoms with van der Waals surface area (Å²) in [7, 11) is 0. The Balaban J connectivity index is 1.72. The molecule has 1 aromatic rings. The fraction of sp³-hybridized carbons (Fsp3) is 0.588. The Morgan fingerprint density at radius 3 is 2.77 bits per heavy atom. The molecule has 1 unspecified atom stereocenters. The first-order valence-corrected chi connectivity index (χ1v) is 7.91. The van der Waals surface area contributed by atoms with E-state index in [0.29, 0.717) is 11.5 Å². The van der Waals surface area contributed by atoms with Gasteiger partial charge < -0.3 is 15.2 Å². The highest BCUT2D eigenvalue weighted by molar-refractivity contribution is 5.87. The number of ether oxygens (including phenoxy) is 1. The molecule has 1 fully saturated rings. The largest absolute Gasteiger partial charge is 0.478 e. The van der Waals surface area contributed by atoms with Gasteiger partial charge in [-0.25, -0.2) is 4.79 Å². The van der Waals surface area contributed by atoms with Crippen molar-refractivity contribution < 1.29 is 14.6 Å². The minimum absolute atomic E-state index is 0.228. The first-order chi connectivity index (χ1) is 10.5. The molecule has 5 heteroatoms. The Labute approximate surface area is 132 Å². The molecule has 2 rings (SSSR count). The molecule has 1 atom stereocenters. The summed E-state index contributed by atoms with van der Waals surface area (Å²) in [6.07, 6.45) is 0.228. The number of carboxylic acid groups (broad SMARTS) is 1. The van der Waals surface area contributed by atoms with Crippen LogP contribution < -0.4 is 5.32 Å². The van der Waals surface area contributed by atoms with Crippen LogP contribution >= 0.6 is 0 Å². The van der Waals surface area contributed by atoms with Gasteiger partial charge >= 0.3 is 5.97 Å². The molecule has 1 aliphatic heterocycles. The molecule has 122 valence electrons. The van der Waals surface area contributed by atoms with Crippen LogP contribution in [0.4, 0.5) is 0 Å². The number of rotatable bonds is 7. The predicted molar refractivity (Wildman–Crippen MR) is 86.1 cm³/mol. The van der Waals surface area contributed by atoms with Crippen molar-refractivity contribution in [1.82, 2.24) is 10.2 Å². The zero-order valence-electron chi connectivity index (χ0n) is 13.4. The van der Waals surface area contributed by atoms with Gasteiger partial charge in [-0.15, -0.1) is 0 Å². The lowest BCUT2D eigenvalue weighted by Crippen LogP contribution is -2.47. The minimum Gasteiger partial charge on any atom is -0.478 e. The molecule has 0 aliphatic carbocycles. The molecule has 2 N–H and O–H groups in total. The molecule has 1 aromatic carbocycles. The maximum atomic E-state index is 10.8. The molecule has 0 spiro atoms. The van der Waals surface area contributed by atoms with Crippen LogP contribution in [0.25, 0.3) is 0 Å². The van der Waals surface area contributed by atoms with Gasteiger partial charge in [0, 0.05) is 32.7 Å². The smallest absolute Gasteiger partial charge is 0.335 e. The molecule has 1 saturated heterocycles. The number of benzene rings is 1. The Kier molecular flexibility index (Phi) is 6.36. The number of carboxylic acids is 1. The number of aromatic carboxylic acids is 1. The van der Waals surface area contributed by atoms with Crippen LogP contribution in [0, 0.1) is 5.92 Å². The Hall–Kier alpha value is -1.43. The fourth-order valence-electron chi connectivity index (χ4n) is 2.73. The maximum Gasteiger partial charge on any atom is 0.335 e. The van der Waals surface area contributed by atoms with Crippen LogP contribution in [0.5, 0.6) is 0 Å². The molecule has 1 aliphatic rings. The average molecular weight is 306 g/mol. The highest BCUT2D eigenvalue weighted by Crippen LogP contribution is 2.08. The van der Waals surface area contributed by atoms with Crippen LogP contribution in [0.15, 0.2) is 24.3 Å². The molecule has 0 bridgehead atoms. The second kappa shape index (κ2) is 8.27. The van der Waals surface area contributed by atoms with Crippen LogP contribution in [-0.4, -0.2) is 54.9 Å². The third-order valence-corrected chi connectivity index (χ3v) is 3.75. The number of nitrogens with one attached hydrogen (secondary N) is 1. The Bertz CT molecular complexity index is 473. The maximum absolute atomic E-state index is 10.8. The van der Waals surface area contributed by atoms with E-state index in [2.05, 4.69) is 24.1 Å². The van der Waals surface area contributed by atoms with Gasteiger partial charge in [-0.05, 0) is 23.6 Å². The summed E-state index contributed by atoms with van der Waals surface area (Å²) in [5.74, 6) is -0.209. The van der Waals surface area contributed by atoms with Crippen LogP contribution in [0.3, 0.4) is 0 Å². The lowest BCUT2D eigenvalue weighted by molar-refractivity contribution is -0.0303. The van der Waals surface area contributed by atoms with Gasteiger partial charge in [0.1, 0.15) is 0 Å². The zero-order chi connectivity index (χ0) is 15.9. The first kappa shape index (κ1) is 16.9. The quantitative estimate of drug-likeness (QED) is 0.805. The van der Waals surface area contributed by atoms with Crippen molar-refractivity contribution in [3.8, 4) is 0 Å². The van der Waals surface area contributed by atoms with Gasteiger partial charge in [0.05, 0.1) is 18.3 Å². The second-order valence-corrected chi connectivity index (χ2v) is 6.28. The third kappa shape index (κ3) is 5.40. The molecule has 5 nitrogen and oxygen atoms in total. The summed E-state index contributed by atoms with van der Waals surface area (Å²) in [5, 5.41) is 12.3. The second-order valence-electron chi connectivity index (χ2n) is 6.28. The van der Waals surface area contributed by atoms with E-state index < -0.39 is 5.97 Å². The summed E-state index contributed by atoms with van der Waals surface area (Å²) < 4.78 is 5.80. The molecule has 0 aromatic heterocycles. The topological polar surface area (TPSA) is 61.8 Å². The van der Waals surface area contributed by atoms with Gasteiger partial charge in [-0.2, -0.15) is 0 Å². The molecule has 1 heterocycles. The van der Waals surface area contributed by atoms with E-state index >= 15 is 0 Å². The highest BCUT2D eigenvalue weighted by atomic mass is 16.5. The van der Waals surface area contributed by atoms with Gasteiger partial charge in [0.2, 0.25) is 0 Å². The monoisotopic (exact) mass is 306 g/mol. The van der Waals surface area contributed by atoms with Crippen molar-refractivity contribution in [2.45, 2.75) is 26.5 Å². The van der Waals surface area contributed by atoms with E-state index in [-0.39, 0.29) is 6.10 Å². The van der Waals surface area contributed by atoms with Gasteiger partial charge in [-0.1, -0.05) is 26.0 Å². The standard InChI is InChI=1S/C17H26N2O3/c1-13(2)11-19-7-8-22-16(12-19)10-18-9-14-3-5-15(6-4-14)17(20)21/h3-6,13,16,18H,7-12H2,1-2H3,(H,20,21). The van der Waals surface area contributed by atoms with Gasteiger partial charge in [0.15, 0.2) is 0 Å². The highest BCUT2D eigenvalue weighted by Gasteiger charge is 2.20. The van der Waals surface area contributed by atoms with Crippen molar-refractivity contribution >= 4 is 5.97 Å². The van der Waals surface area contributed by atoms with Crippen molar-refractivity contribution in [3.63, 3.8) is 0 Å². The van der Waals surface area contributed by atoms with Crippen LogP contribution in [0.1, 0.15) is 29.8 Å². The summed E-state index contributed by atoms with van der Waals surface area (Å²) in [6.45, 7) is 9.93. The van der Waals surface area contributed by atoms with E-state index in [9.17, 15) is 4.79 Å². The number of hydrogen-bond donors (Lipinski definition) is 2. The van der Waals surface area contributed by atoms with Crippen molar-refractivity contribution in [2.24, 2.45) is 5.92 Å². The third-order valence-electron chi connectivity index (χ3n) is 3.75. The number of nitrogens with zero attached hydrogens (tertiary/aromatic N) is 1. The van der Waals surface area contributed by atoms with Crippen LogP contribution in [-0.2, 0) is 11.3 Å². The van der Waals surface area contributed by atoms with E-state index in [1.807, 2.05) is 12.1 Å². The summed E-state index contributed by atoms with van der Waals surface area (Å²) in [5.41, 5.74) is 1.41. The average Bonchev–Trinajstić information content (AvgIpc) is 2.47. The predicted octanol–water partition coefficient (Wildman–Crippen LogP) is 1.83. The Morgan fingerprint density at radius 2 is 2.14 bits per heavy atom. The molecule has 22 heavy (non-hydrogen) atoms. The molecular formula is C17H26N2O3. The molecular weight excluding hydrogens is 280 g/mol. The van der Waals surface area contributed by atoms with Crippen molar-refractivity contribution in [2.75, 3.05) is 32.8 Å². The molecule has 0 radical (unpaired) electrons. The van der Waals surface area contributed by atoms with E-state index in [4.69, 9.17) is 9.84 Å². The molecule has 0 saturated carbocycles. The Morgan fingerprint density at radius 1 is 1.41 bits per heavy atom. The first-order valence-electron chi connectivity index (χ1n) is 7.91. The van der Waals surface area contributed by atoms with E-state index in [1.54, 1.807) is 12.1 Å². The number of hydrogen-bond acceptors (Lipinski definition) is 4.